The molecule has 1 aromatic carbocycles. The maximum absolute atomic E-state index is 5.79. The summed E-state index contributed by atoms with van der Waals surface area (Å²) in [5.41, 5.74) is 1.43. The van der Waals surface area contributed by atoms with Crippen molar-refractivity contribution in [3.8, 4) is 0 Å². The van der Waals surface area contributed by atoms with Crippen molar-refractivity contribution in [2.45, 2.75) is 38.0 Å². The summed E-state index contributed by atoms with van der Waals surface area (Å²) >= 11 is 0. The van der Waals surface area contributed by atoms with Crippen LogP contribution < -0.4 is 10.6 Å². The van der Waals surface area contributed by atoms with Crippen molar-refractivity contribution in [3.63, 3.8) is 0 Å². The highest BCUT2D eigenvalue weighted by molar-refractivity contribution is 5.79. The van der Waals surface area contributed by atoms with Gasteiger partial charge in [-0.1, -0.05) is 30.3 Å². The molecule has 2 N–H and O–H groups in total. The van der Waals surface area contributed by atoms with Crippen molar-refractivity contribution in [3.05, 3.63) is 35.9 Å². The molecule has 29 heavy (non-hydrogen) atoms. The van der Waals surface area contributed by atoms with E-state index in [0.717, 1.165) is 90.9 Å². The fraction of sp³-hybridized carbons (Fsp3) is 0.696. The van der Waals surface area contributed by atoms with Crippen LogP contribution in [0.4, 0.5) is 0 Å². The van der Waals surface area contributed by atoms with Gasteiger partial charge in [-0.05, 0) is 38.2 Å². The summed E-state index contributed by atoms with van der Waals surface area (Å²) in [4.78, 5) is 4.95. The second-order valence-electron chi connectivity index (χ2n) is 8.04. The molecule has 0 aromatic heterocycles. The number of benzene rings is 1. The summed E-state index contributed by atoms with van der Waals surface area (Å²) in [6.07, 6.45) is 4.12. The van der Waals surface area contributed by atoms with Crippen molar-refractivity contribution in [1.29, 1.82) is 0 Å². The first kappa shape index (κ1) is 22.1. The molecule has 1 atom stereocenters. The highest BCUT2D eigenvalue weighted by Gasteiger charge is 2.34. The van der Waals surface area contributed by atoms with E-state index in [1.54, 1.807) is 0 Å². The first-order valence-electron chi connectivity index (χ1n) is 11.1. The molecule has 0 amide bonds. The molecule has 2 aliphatic heterocycles. The minimum Gasteiger partial charge on any atom is -0.381 e. The summed E-state index contributed by atoms with van der Waals surface area (Å²) in [6, 6.07) is 10.8. The topological polar surface area (TPSA) is 64.1 Å². The number of nitrogens with one attached hydrogen (secondary N) is 2. The Hall–Kier alpha value is -1.63. The Balaban J connectivity index is 1.47. The van der Waals surface area contributed by atoms with E-state index in [9.17, 15) is 0 Å². The first-order valence-corrected chi connectivity index (χ1v) is 11.1. The van der Waals surface area contributed by atoms with Crippen molar-refractivity contribution >= 4 is 5.96 Å². The second kappa shape index (κ2) is 12.2. The van der Waals surface area contributed by atoms with Gasteiger partial charge in [0, 0.05) is 50.8 Å². The predicted octanol–water partition coefficient (Wildman–Crippen LogP) is 2.73. The zero-order valence-corrected chi connectivity index (χ0v) is 17.8. The van der Waals surface area contributed by atoms with Gasteiger partial charge in [0.15, 0.2) is 5.96 Å². The zero-order chi connectivity index (χ0) is 20.2. The molecule has 0 bridgehead atoms. The van der Waals surface area contributed by atoms with Crippen LogP contribution in [0.1, 0.15) is 38.2 Å². The molecule has 6 nitrogen and oxygen atoms in total. The number of rotatable bonds is 10. The van der Waals surface area contributed by atoms with Gasteiger partial charge in [0.25, 0.3) is 0 Å². The van der Waals surface area contributed by atoms with Gasteiger partial charge in [-0.15, -0.1) is 0 Å². The van der Waals surface area contributed by atoms with E-state index in [-0.39, 0.29) is 5.41 Å². The van der Waals surface area contributed by atoms with Crippen LogP contribution in [-0.4, -0.2) is 65.2 Å². The number of guanidine groups is 1. The van der Waals surface area contributed by atoms with Gasteiger partial charge in [-0.3, -0.25) is 4.99 Å². The lowest BCUT2D eigenvalue weighted by atomic mass is 9.74. The quantitative estimate of drug-likeness (QED) is 0.357. The summed E-state index contributed by atoms with van der Waals surface area (Å²) in [6.45, 7) is 9.51. The molecule has 0 saturated carbocycles. The van der Waals surface area contributed by atoms with E-state index in [0.29, 0.717) is 5.92 Å². The standard InChI is InChI=1S/C23H37N3O3/c1-2-24-22(25-12-6-13-28-17-20-9-14-29-18-20)26-19-23(10-15-27-16-11-23)21-7-4-3-5-8-21/h3-5,7-8,20H,2,6,9-19H2,1H3,(H2,24,25,26). The minimum atomic E-state index is 0.0638. The summed E-state index contributed by atoms with van der Waals surface area (Å²) in [5, 5.41) is 6.84. The molecule has 2 saturated heterocycles. The SMILES string of the molecule is CCNC(=NCC1(c2ccccc2)CCOCC1)NCCCOCC1CCOC1. The molecule has 1 aromatic rings. The molecule has 0 aliphatic carbocycles. The Morgan fingerprint density at radius 3 is 2.69 bits per heavy atom. The van der Waals surface area contributed by atoms with Gasteiger partial charge in [0.05, 0.1) is 19.8 Å². The average Bonchev–Trinajstić information content (AvgIpc) is 3.29. The first-order chi connectivity index (χ1) is 14.3. The molecule has 3 rings (SSSR count). The lowest BCUT2D eigenvalue weighted by Gasteiger charge is -2.36. The molecular formula is C23H37N3O3. The van der Waals surface area contributed by atoms with E-state index in [1.165, 1.54) is 5.56 Å². The maximum Gasteiger partial charge on any atom is 0.191 e. The largest absolute Gasteiger partial charge is 0.381 e. The minimum absolute atomic E-state index is 0.0638. The maximum atomic E-state index is 5.79. The van der Waals surface area contributed by atoms with Crippen molar-refractivity contribution in [1.82, 2.24) is 10.6 Å². The fourth-order valence-electron chi connectivity index (χ4n) is 4.01. The van der Waals surface area contributed by atoms with Crippen molar-refractivity contribution in [2.24, 2.45) is 10.9 Å². The number of ether oxygens (including phenoxy) is 3. The van der Waals surface area contributed by atoms with Crippen LogP contribution in [0.25, 0.3) is 0 Å². The van der Waals surface area contributed by atoms with Gasteiger partial charge >= 0.3 is 0 Å². The van der Waals surface area contributed by atoms with E-state index in [4.69, 9.17) is 19.2 Å². The Kier molecular flexibility index (Phi) is 9.25. The van der Waals surface area contributed by atoms with Gasteiger partial charge in [0.1, 0.15) is 0 Å². The average molecular weight is 404 g/mol. The highest BCUT2D eigenvalue weighted by atomic mass is 16.5. The molecule has 2 fully saturated rings. The van der Waals surface area contributed by atoms with Gasteiger partial charge < -0.3 is 24.8 Å². The third kappa shape index (κ3) is 6.98. The second-order valence-corrected chi connectivity index (χ2v) is 8.04. The third-order valence-corrected chi connectivity index (χ3v) is 5.86. The fourth-order valence-corrected chi connectivity index (χ4v) is 4.01. The van der Waals surface area contributed by atoms with Gasteiger partial charge in [-0.25, -0.2) is 0 Å². The zero-order valence-electron chi connectivity index (χ0n) is 17.8. The Morgan fingerprint density at radius 1 is 1.14 bits per heavy atom. The summed E-state index contributed by atoms with van der Waals surface area (Å²) < 4.78 is 16.8. The predicted molar refractivity (Wildman–Crippen MR) is 117 cm³/mol. The van der Waals surface area contributed by atoms with Crippen LogP contribution in [0.5, 0.6) is 0 Å². The Labute approximate surface area is 175 Å². The third-order valence-electron chi connectivity index (χ3n) is 5.86. The molecule has 2 aliphatic rings. The highest BCUT2D eigenvalue weighted by Crippen LogP contribution is 2.35. The smallest absolute Gasteiger partial charge is 0.191 e. The number of aliphatic imine (C=N–C) groups is 1. The van der Waals surface area contributed by atoms with E-state index >= 15 is 0 Å². The number of hydrogen-bond donors (Lipinski definition) is 2. The van der Waals surface area contributed by atoms with Crippen LogP contribution in [0, 0.1) is 5.92 Å². The lowest BCUT2D eigenvalue weighted by molar-refractivity contribution is 0.0531. The lowest BCUT2D eigenvalue weighted by Crippen LogP contribution is -2.41. The molecule has 2 heterocycles. The molecule has 1 unspecified atom stereocenters. The van der Waals surface area contributed by atoms with E-state index in [1.807, 2.05) is 0 Å². The van der Waals surface area contributed by atoms with Crippen molar-refractivity contribution < 1.29 is 14.2 Å². The molecule has 162 valence electrons. The van der Waals surface area contributed by atoms with E-state index < -0.39 is 0 Å². The molecule has 0 radical (unpaired) electrons. The van der Waals surface area contributed by atoms with Gasteiger partial charge in [-0.2, -0.15) is 0 Å². The number of nitrogens with zero attached hydrogens (tertiary/aromatic N) is 1. The summed E-state index contributed by atoms with van der Waals surface area (Å²) in [7, 11) is 0. The van der Waals surface area contributed by atoms with Crippen LogP contribution in [0.15, 0.2) is 35.3 Å². The molecule has 6 heteroatoms. The monoisotopic (exact) mass is 403 g/mol. The molecule has 0 spiro atoms. The van der Waals surface area contributed by atoms with Crippen molar-refractivity contribution in [2.75, 3.05) is 59.3 Å². The van der Waals surface area contributed by atoms with E-state index in [2.05, 4.69) is 47.9 Å². The van der Waals surface area contributed by atoms with Crippen LogP contribution in [0.3, 0.4) is 0 Å². The van der Waals surface area contributed by atoms with Crippen LogP contribution in [0.2, 0.25) is 0 Å². The van der Waals surface area contributed by atoms with Crippen LogP contribution in [-0.2, 0) is 19.6 Å². The Bertz CT molecular complexity index is 597. The Morgan fingerprint density at radius 2 is 1.97 bits per heavy atom. The molecular weight excluding hydrogens is 366 g/mol. The number of hydrogen-bond acceptors (Lipinski definition) is 4. The summed E-state index contributed by atoms with van der Waals surface area (Å²) in [5.74, 6) is 1.47. The normalized spacial score (nSPS) is 21.8. The van der Waals surface area contributed by atoms with Gasteiger partial charge in [0.2, 0.25) is 0 Å². The van der Waals surface area contributed by atoms with Crippen LogP contribution >= 0.6 is 0 Å².